The Hall–Kier alpha value is -2.47. The molecule has 0 amide bonds. The Bertz CT molecular complexity index is 661. The van der Waals surface area contributed by atoms with Gasteiger partial charge >= 0.3 is 0 Å². The Morgan fingerprint density at radius 3 is 2.70 bits per heavy atom. The smallest absolute Gasteiger partial charge is 0.123 e. The number of ether oxygens (including phenoxy) is 2. The summed E-state index contributed by atoms with van der Waals surface area (Å²) in [4.78, 5) is 0. The second kappa shape index (κ2) is 8.85. The number of para-hydroxylation sites is 1. The maximum absolute atomic E-state index is 9.44. The lowest BCUT2D eigenvalue weighted by atomic mass is 9.95. The molecule has 0 saturated carbocycles. The minimum Gasteiger partial charge on any atom is -0.496 e. The summed E-state index contributed by atoms with van der Waals surface area (Å²) < 4.78 is 11.1. The topological polar surface area (TPSA) is 42.2 Å². The Labute approximate surface area is 138 Å². The Kier molecular flexibility index (Phi) is 6.50. The number of hydrogen-bond acceptors (Lipinski definition) is 3. The molecule has 0 aromatic heterocycles. The van der Waals surface area contributed by atoms with Crippen LogP contribution in [0.2, 0.25) is 0 Å². The van der Waals surface area contributed by atoms with E-state index in [4.69, 9.17) is 9.47 Å². The van der Waals surface area contributed by atoms with Crippen molar-refractivity contribution in [3.05, 3.63) is 59.7 Å². The molecule has 3 nitrogen and oxygen atoms in total. The standard InChI is InChI=1S/C20H23NO2/c1-3-16-8-6-10-18(14-16)23-13-7-9-17(15-21)19-11-4-5-12-20(19)22-2/h4-6,8,10-12,14,17H,3,7,9,13H2,1-2H3. The first kappa shape index (κ1) is 16.9. The van der Waals surface area contributed by atoms with Gasteiger partial charge < -0.3 is 9.47 Å². The van der Waals surface area contributed by atoms with Crippen LogP contribution in [0.15, 0.2) is 48.5 Å². The van der Waals surface area contributed by atoms with E-state index >= 15 is 0 Å². The van der Waals surface area contributed by atoms with Crippen LogP contribution < -0.4 is 9.47 Å². The van der Waals surface area contributed by atoms with Gasteiger partial charge in [0.05, 0.1) is 25.7 Å². The highest BCUT2D eigenvalue weighted by Gasteiger charge is 2.14. The molecule has 0 spiro atoms. The predicted octanol–water partition coefficient (Wildman–Crippen LogP) is 4.72. The number of nitriles is 1. The molecule has 23 heavy (non-hydrogen) atoms. The summed E-state index contributed by atoms with van der Waals surface area (Å²) in [6, 6.07) is 18.2. The molecular weight excluding hydrogens is 286 g/mol. The maximum Gasteiger partial charge on any atom is 0.123 e. The van der Waals surface area contributed by atoms with Gasteiger partial charge in [-0.15, -0.1) is 0 Å². The molecule has 1 atom stereocenters. The molecule has 1 unspecified atom stereocenters. The third-order valence-electron chi connectivity index (χ3n) is 3.88. The van der Waals surface area contributed by atoms with Crippen LogP contribution in [-0.2, 0) is 6.42 Å². The zero-order chi connectivity index (χ0) is 16.5. The van der Waals surface area contributed by atoms with Crippen molar-refractivity contribution >= 4 is 0 Å². The average molecular weight is 309 g/mol. The second-order valence-electron chi connectivity index (χ2n) is 5.42. The van der Waals surface area contributed by atoms with Crippen LogP contribution in [0.5, 0.6) is 11.5 Å². The highest BCUT2D eigenvalue weighted by Crippen LogP contribution is 2.29. The highest BCUT2D eigenvalue weighted by molar-refractivity contribution is 5.39. The van der Waals surface area contributed by atoms with Crippen molar-refractivity contribution < 1.29 is 9.47 Å². The summed E-state index contributed by atoms with van der Waals surface area (Å²) in [6.07, 6.45) is 2.58. The van der Waals surface area contributed by atoms with E-state index in [1.54, 1.807) is 7.11 Å². The second-order valence-corrected chi connectivity index (χ2v) is 5.42. The van der Waals surface area contributed by atoms with Crippen molar-refractivity contribution in [1.82, 2.24) is 0 Å². The molecule has 2 aromatic rings. The third kappa shape index (κ3) is 4.75. The first-order valence-electron chi connectivity index (χ1n) is 8.02. The van der Waals surface area contributed by atoms with Gasteiger partial charge in [0.15, 0.2) is 0 Å². The number of benzene rings is 2. The van der Waals surface area contributed by atoms with Gasteiger partial charge in [0.1, 0.15) is 11.5 Å². The molecular formula is C20H23NO2. The summed E-state index contributed by atoms with van der Waals surface area (Å²) in [6.45, 7) is 2.74. The lowest BCUT2D eigenvalue weighted by molar-refractivity contribution is 0.304. The van der Waals surface area contributed by atoms with Crippen LogP contribution >= 0.6 is 0 Å². The lowest BCUT2D eigenvalue weighted by Gasteiger charge is -2.14. The van der Waals surface area contributed by atoms with Gasteiger partial charge in [-0.3, -0.25) is 0 Å². The molecule has 2 aromatic carbocycles. The van der Waals surface area contributed by atoms with Gasteiger partial charge in [0.2, 0.25) is 0 Å². The zero-order valence-electron chi connectivity index (χ0n) is 13.8. The fraction of sp³-hybridized carbons (Fsp3) is 0.350. The fourth-order valence-corrected chi connectivity index (χ4v) is 2.58. The number of hydrogen-bond donors (Lipinski definition) is 0. The molecule has 0 heterocycles. The van der Waals surface area contributed by atoms with Crippen LogP contribution in [0.1, 0.15) is 36.8 Å². The molecule has 3 heteroatoms. The van der Waals surface area contributed by atoms with Crippen LogP contribution in [0.4, 0.5) is 0 Å². The number of aryl methyl sites for hydroxylation is 1. The Morgan fingerprint density at radius 2 is 1.96 bits per heavy atom. The first-order chi connectivity index (χ1) is 11.3. The minimum atomic E-state index is -0.170. The molecule has 2 rings (SSSR count). The summed E-state index contributed by atoms with van der Waals surface area (Å²) in [5.74, 6) is 1.50. The normalized spacial score (nSPS) is 11.5. The van der Waals surface area contributed by atoms with Gasteiger partial charge in [-0.1, -0.05) is 37.3 Å². The van der Waals surface area contributed by atoms with E-state index in [1.165, 1.54) is 5.56 Å². The summed E-state index contributed by atoms with van der Waals surface area (Å²) in [7, 11) is 1.64. The van der Waals surface area contributed by atoms with E-state index in [1.807, 2.05) is 36.4 Å². The number of methoxy groups -OCH3 is 1. The molecule has 120 valence electrons. The van der Waals surface area contributed by atoms with Crippen LogP contribution in [0, 0.1) is 11.3 Å². The summed E-state index contributed by atoms with van der Waals surface area (Å²) >= 11 is 0. The van der Waals surface area contributed by atoms with Crippen molar-refractivity contribution in [2.45, 2.75) is 32.1 Å². The molecule has 0 aliphatic rings. The predicted molar refractivity (Wildman–Crippen MR) is 91.9 cm³/mol. The van der Waals surface area contributed by atoms with Crippen LogP contribution in [0.25, 0.3) is 0 Å². The van der Waals surface area contributed by atoms with Gasteiger partial charge in [-0.25, -0.2) is 0 Å². The summed E-state index contributed by atoms with van der Waals surface area (Å²) in [5, 5.41) is 9.44. The fourth-order valence-electron chi connectivity index (χ4n) is 2.58. The van der Waals surface area contributed by atoms with Gasteiger partial charge in [0, 0.05) is 5.56 Å². The molecule has 0 fully saturated rings. The molecule has 0 aliphatic heterocycles. The van der Waals surface area contributed by atoms with E-state index in [-0.39, 0.29) is 5.92 Å². The van der Waals surface area contributed by atoms with Crippen molar-refractivity contribution in [2.24, 2.45) is 0 Å². The largest absolute Gasteiger partial charge is 0.496 e. The van der Waals surface area contributed by atoms with Crippen LogP contribution in [-0.4, -0.2) is 13.7 Å². The van der Waals surface area contributed by atoms with Crippen molar-refractivity contribution in [1.29, 1.82) is 5.26 Å². The quantitative estimate of drug-likeness (QED) is 0.662. The van der Waals surface area contributed by atoms with Gasteiger partial charge in [-0.2, -0.15) is 5.26 Å². The third-order valence-corrected chi connectivity index (χ3v) is 3.88. The molecule has 0 bridgehead atoms. The Morgan fingerprint density at radius 1 is 1.13 bits per heavy atom. The van der Waals surface area contributed by atoms with Gasteiger partial charge in [0.25, 0.3) is 0 Å². The molecule has 0 N–H and O–H groups in total. The molecule has 0 radical (unpaired) electrons. The van der Waals surface area contributed by atoms with Crippen molar-refractivity contribution in [3.63, 3.8) is 0 Å². The van der Waals surface area contributed by atoms with Crippen LogP contribution in [0.3, 0.4) is 0 Å². The van der Waals surface area contributed by atoms with E-state index in [2.05, 4.69) is 25.1 Å². The SMILES string of the molecule is CCc1cccc(OCCCC(C#N)c2ccccc2OC)c1. The van der Waals surface area contributed by atoms with E-state index < -0.39 is 0 Å². The number of nitrogens with zero attached hydrogens (tertiary/aromatic N) is 1. The van der Waals surface area contributed by atoms with E-state index in [9.17, 15) is 5.26 Å². The number of rotatable bonds is 8. The Balaban J connectivity index is 1.88. The minimum absolute atomic E-state index is 0.170. The van der Waals surface area contributed by atoms with Crippen molar-refractivity contribution in [2.75, 3.05) is 13.7 Å². The van der Waals surface area contributed by atoms with E-state index in [0.717, 1.165) is 36.3 Å². The zero-order valence-corrected chi connectivity index (χ0v) is 13.8. The monoisotopic (exact) mass is 309 g/mol. The van der Waals surface area contributed by atoms with E-state index in [0.29, 0.717) is 6.61 Å². The van der Waals surface area contributed by atoms with Crippen molar-refractivity contribution in [3.8, 4) is 17.6 Å². The first-order valence-corrected chi connectivity index (χ1v) is 8.02. The summed E-state index contributed by atoms with van der Waals surface area (Å²) in [5.41, 5.74) is 2.22. The highest BCUT2D eigenvalue weighted by atomic mass is 16.5. The molecule has 0 aliphatic carbocycles. The average Bonchev–Trinajstić information content (AvgIpc) is 2.62. The molecule has 0 saturated heterocycles. The maximum atomic E-state index is 9.44. The lowest BCUT2D eigenvalue weighted by Crippen LogP contribution is -2.03. The van der Waals surface area contributed by atoms with Gasteiger partial charge in [-0.05, 0) is 43.0 Å².